The SMILES string of the molecule is CCCCNC(=O)C(Cc1ccccc1)N(Cc1cccc(OC)c1)C(=O)CN(c1ccc(Br)c(C)c1)S(C)(=O)=O. The number of amides is 2. The Balaban J connectivity index is 2.06. The van der Waals surface area contributed by atoms with Crippen LogP contribution in [0.5, 0.6) is 5.75 Å². The third-order valence-electron chi connectivity index (χ3n) is 6.70. The summed E-state index contributed by atoms with van der Waals surface area (Å²) in [6.07, 6.45) is 3.05. The summed E-state index contributed by atoms with van der Waals surface area (Å²) in [4.78, 5) is 29.3. The highest BCUT2D eigenvalue weighted by atomic mass is 79.9. The van der Waals surface area contributed by atoms with Gasteiger partial charge in [-0.1, -0.05) is 71.7 Å². The van der Waals surface area contributed by atoms with E-state index >= 15 is 0 Å². The number of hydrogen-bond donors (Lipinski definition) is 1. The highest BCUT2D eigenvalue weighted by Gasteiger charge is 2.33. The van der Waals surface area contributed by atoms with Crippen molar-refractivity contribution in [2.24, 2.45) is 0 Å². The summed E-state index contributed by atoms with van der Waals surface area (Å²) in [5.41, 5.74) is 2.83. The van der Waals surface area contributed by atoms with Gasteiger partial charge in [0, 0.05) is 24.0 Å². The lowest BCUT2D eigenvalue weighted by molar-refractivity contribution is -0.140. The van der Waals surface area contributed by atoms with E-state index in [1.165, 1.54) is 4.90 Å². The number of hydrogen-bond acceptors (Lipinski definition) is 5. The molecule has 0 aromatic heterocycles. The van der Waals surface area contributed by atoms with Crippen LogP contribution in [-0.4, -0.2) is 57.6 Å². The number of anilines is 1. The summed E-state index contributed by atoms with van der Waals surface area (Å²) < 4.78 is 33.2. The second-order valence-corrected chi connectivity index (χ2v) is 12.7. The monoisotopic (exact) mass is 643 g/mol. The zero-order valence-electron chi connectivity index (χ0n) is 24.0. The quantitative estimate of drug-likeness (QED) is 0.247. The molecule has 3 rings (SSSR count). The molecule has 3 aromatic carbocycles. The maximum atomic E-state index is 14.1. The lowest BCUT2D eigenvalue weighted by Crippen LogP contribution is -2.53. The van der Waals surface area contributed by atoms with Crippen LogP contribution in [-0.2, 0) is 32.6 Å². The molecular formula is C31H38BrN3O5S. The fourth-order valence-electron chi connectivity index (χ4n) is 4.43. The first kappa shape index (κ1) is 32.1. The van der Waals surface area contributed by atoms with Gasteiger partial charge in [-0.25, -0.2) is 8.42 Å². The molecule has 1 unspecified atom stereocenters. The Morgan fingerprint density at radius 3 is 2.34 bits per heavy atom. The Hall–Kier alpha value is -3.37. The Labute approximate surface area is 251 Å². The molecule has 0 bridgehead atoms. The van der Waals surface area contributed by atoms with E-state index in [1.54, 1.807) is 37.4 Å². The van der Waals surface area contributed by atoms with E-state index in [-0.39, 0.29) is 18.9 Å². The number of nitrogens with zero attached hydrogens (tertiary/aromatic N) is 2. The first-order valence-corrected chi connectivity index (χ1v) is 16.2. The number of benzene rings is 3. The minimum atomic E-state index is -3.83. The van der Waals surface area contributed by atoms with Gasteiger partial charge in [0.15, 0.2) is 0 Å². The van der Waals surface area contributed by atoms with Gasteiger partial charge in [0.05, 0.1) is 19.1 Å². The van der Waals surface area contributed by atoms with E-state index in [9.17, 15) is 18.0 Å². The lowest BCUT2D eigenvalue weighted by Gasteiger charge is -2.33. The highest BCUT2D eigenvalue weighted by molar-refractivity contribution is 9.10. The number of rotatable bonds is 14. The van der Waals surface area contributed by atoms with Crippen LogP contribution < -0.4 is 14.4 Å². The third-order valence-corrected chi connectivity index (χ3v) is 8.73. The number of halogens is 1. The highest BCUT2D eigenvalue weighted by Crippen LogP contribution is 2.26. The van der Waals surface area contributed by atoms with Crippen molar-refractivity contribution >= 4 is 43.5 Å². The van der Waals surface area contributed by atoms with Crippen LogP contribution in [0, 0.1) is 6.92 Å². The maximum Gasteiger partial charge on any atom is 0.244 e. The summed E-state index contributed by atoms with van der Waals surface area (Å²) in [7, 11) is -2.27. The number of nitrogens with one attached hydrogen (secondary N) is 1. The van der Waals surface area contributed by atoms with Crippen LogP contribution in [0.2, 0.25) is 0 Å². The number of aryl methyl sites for hydroxylation is 1. The molecule has 0 radical (unpaired) electrons. The molecule has 0 saturated carbocycles. The number of carbonyl (C=O) groups excluding carboxylic acids is 2. The first-order chi connectivity index (χ1) is 19.5. The van der Waals surface area contributed by atoms with Gasteiger partial charge in [0.25, 0.3) is 0 Å². The molecule has 0 saturated heterocycles. The van der Waals surface area contributed by atoms with Crippen molar-refractivity contribution in [3.05, 3.63) is 94.0 Å². The van der Waals surface area contributed by atoms with Crippen LogP contribution >= 0.6 is 15.9 Å². The summed E-state index contributed by atoms with van der Waals surface area (Å²) >= 11 is 3.45. The molecule has 0 aliphatic heterocycles. The van der Waals surface area contributed by atoms with Crippen LogP contribution in [0.25, 0.3) is 0 Å². The van der Waals surface area contributed by atoms with Gasteiger partial charge in [0.1, 0.15) is 18.3 Å². The van der Waals surface area contributed by atoms with Gasteiger partial charge >= 0.3 is 0 Å². The molecule has 1 atom stereocenters. The van der Waals surface area contributed by atoms with E-state index in [1.807, 2.05) is 56.3 Å². The summed E-state index contributed by atoms with van der Waals surface area (Å²) in [6.45, 7) is 4.00. The third kappa shape index (κ3) is 9.33. The van der Waals surface area contributed by atoms with Crippen molar-refractivity contribution in [2.75, 3.05) is 30.8 Å². The van der Waals surface area contributed by atoms with Crippen LogP contribution in [0.3, 0.4) is 0 Å². The van der Waals surface area contributed by atoms with Gasteiger partial charge < -0.3 is 15.0 Å². The van der Waals surface area contributed by atoms with Gasteiger partial charge in [0.2, 0.25) is 21.8 Å². The molecule has 0 aliphatic rings. The van der Waals surface area contributed by atoms with Crippen molar-refractivity contribution in [3.8, 4) is 5.75 Å². The fourth-order valence-corrected chi connectivity index (χ4v) is 5.51. The molecule has 0 fully saturated rings. The van der Waals surface area contributed by atoms with Crippen LogP contribution in [0.1, 0.15) is 36.5 Å². The molecule has 0 spiro atoms. The Bertz CT molecular complexity index is 1430. The summed E-state index contributed by atoms with van der Waals surface area (Å²) in [5.74, 6) is -0.167. The fraction of sp³-hybridized carbons (Fsp3) is 0.355. The van der Waals surface area contributed by atoms with Crippen molar-refractivity contribution in [1.29, 1.82) is 0 Å². The van der Waals surface area contributed by atoms with E-state index in [0.29, 0.717) is 18.0 Å². The van der Waals surface area contributed by atoms with Crippen LogP contribution in [0.4, 0.5) is 5.69 Å². The maximum absolute atomic E-state index is 14.1. The minimum absolute atomic E-state index is 0.0890. The van der Waals surface area contributed by atoms with Crippen molar-refractivity contribution in [3.63, 3.8) is 0 Å². The molecule has 41 heavy (non-hydrogen) atoms. The summed E-state index contributed by atoms with van der Waals surface area (Å²) in [6, 6.07) is 21.0. The molecule has 10 heteroatoms. The van der Waals surface area contributed by atoms with Crippen molar-refractivity contribution in [1.82, 2.24) is 10.2 Å². The van der Waals surface area contributed by atoms with Gasteiger partial charge in [-0.2, -0.15) is 0 Å². The molecule has 220 valence electrons. The molecule has 8 nitrogen and oxygen atoms in total. The second kappa shape index (κ2) is 15.0. The lowest BCUT2D eigenvalue weighted by atomic mass is 10.0. The molecule has 3 aromatic rings. The largest absolute Gasteiger partial charge is 0.497 e. The Morgan fingerprint density at radius 1 is 1.00 bits per heavy atom. The average Bonchev–Trinajstić information content (AvgIpc) is 2.95. The van der Waals surface area contributed by atoms with Gasteiger partial charge in [-0.05, 0) is 60.4 Å². The molecule has 2 amide bonds. The standard InChI is InChI=1S/C31H38BrN3O5S/c1-5-6-17-33-31(37)29(20-24-11-8-7-9-12-24)34(21-25-13-10-14-27(19-25)40-3)30(36)22-35(41(4,38)39)26-15-16-28(32)23(2)18-26/h7-16,18-19,29H,5-6,17,20-22H2,1-4H3,(H,33,37). The van der Waals surface area contributed by atoms with E-state index in [4.69, 9.17) is 4.74 Å². The van der Waals surface area contributed by atoms with Gasteiger partial charge in [-0.15, -0.1) is 0 Å². The van der Waals surface area contributed by atoms with E-state index < -0.39 is 28.5 Å². The predicted octanol–water partition coefficient (Wildman–Crippen LogP) is 5.09. The average molecular weight is 645 g/mol. The minimum Gasteiger partial charge on any atom is -0.497 e. The number of ether oxygens (including phenoxy) is 1. The molecular weight excluding hydrogens is 606 g/mol. The molecule has 0 aliphatic carbocycles. The summed E-state index contributed by atoms with van der Waals surface area (Å²) in [5, 5.41) is 2.98. The number of methoxy groups -OCH3 is 1. The van der Waals surface area contributed by atoms with E-state index in [2.05, 4.69) is 21.2 Å². The first-order valence-electron chi connectivity index (χ1n) is 13.5. The topological polar surface area (TPSA) is 96.0 Å². The Kier molecular flexibility index (Phi) is 11.8. The van der Waals surface area contributed by atoms with E-state index in [0.717, 1.165) is 44.6 Å². The molecule has 0 heterocycles. The smallest absolute Gasteiger partial charge is 0.244 e. The molecule has 1 N–H and O–H groups in total. The van der Waals surface area contributed by atoms with Crippen molar-refractivity contribution < 1.29 is 22.7 Å². The van der Waals surface area contributed by atoms with Gasteiger partial charge in [-0.3, -0.25) is 13.9 Å². The predicted molar refractivity (Wildman–Crippen MR) is 166 cm³/mol. The number of unbranched alkanes of at least 4 members (excludes halogenated alkanes) is 1. The number of sulfonamides is 1. The van der Waals surface area contributed by atoms with Crippen molar-refractivity contribution in [2.45, 2.75) is 45.7 Å². The zero-order valence-corrected chi connectivity index (χ0v) is 26.4. The zero-order chi connectivity index (χ0) is 30.0. The normalized spacial score (nSPS) is 11.9. The Morgan fingerprint density at radius 2 is 1.71 bits per heavy atom. The second-order valence-electron chi connectivity index (χ2n) is 9.93. The number of carbonyl (C=O) groups is 2. The van der Waals surface area contributed by atoms with Crippen LogP contribution in [0.15, 0.2) is 77.3 Å².